The quantitative estimate of drug-likeness (QED) is 0.452. The second-order valence-electron chi connectivity index (χ2n) is 7.73. The van der Waals surface area contributed by atoms with Gasteiger partial charge in [-0.05, 0) is 0 Å². The molecule has 0 saturated heterocycles. The second kappa shape index (κ2) is 8.27. The third kappa shape index (κ3) is 4.37. The Labute approximate surface area is 174 Å². The van der Waals surface area contributed by atoms with Gasteiger partial charge in [0.1, 0.15) is 0 Å². The van der Waals surface area contributed by atoms with Crippen LogP contribution in [0.2, 0.25) is 0 Å². The summed E-state index contributed by atoms with van der Waals surface area (Å²) in [5.74, 6) is -2.86. The molecular weight excluding hydrogens is 432 g/mol. The molecule has 1 nitrogen and oxygen atoms in total. The van der Waals surface area contributed by atoms with E-state index in [1.165, 1.54) is 0 Å². The first kappa shape index (κ1) is 21.5. The average Bonchev–Trinajstić information content (AvgIpc) is 2.55. The first-order valence-electron chi connectivity index (χ1n) is 9.48. The number of rotatable bonds is 3. The summed E-state index contributed by atoms with van der Waals surface area (Å²) in [6, 6.07) is 9.73. The maximum absolute atomic E-state index is 14.5. The minimum atomic E-state index is -2.79. The van der Waals surface area contributed by atoms with Crippen LogP contribution < -0.4 is 8.79 Å². The molecule has 5 heteroatoms. The zero-order valence-corrected chi connectivity index (χ0v) is 19.6. The van der Waals surface area contributed by atoms with E-state index < -0.39 is 31.6 Å². The first-order chi connectivity index (χ1) is 13.6. The summed E-state index contributed by atoms with van der Waals surface area (Å²) in [5, 5.41) is 0. The predicted molar refractivity (Wildman–Crippen MR) is 115 cm³/mol. The second-order valence-corrected chi connectivity index (χ2v) is 11.8. The Kier molecular flexibility index (Phi) is 6.13. The van der Waals surface area contributed by atoms with E-state index in [1.807, 2.05) is 41.5 Å². The summed E-state index contributed by atoms with van der Waals surface area (Å²) in [6.07, 6.45) is 0. The molecule has 0 fully saturated rings. The van der Waals surface area contributed by atoms with Crippen LogP contribution in [0.4, 0.5) is 18.9 Å². The van der Waals surface area contributed by atoms with Gasteiger partial charge in [0.2, 0.25) is 0 Å². The summed E-state index contributed by atoms with van der Waals surface area (Å²) in [5.41, 5.74) is 6.19. The Bertz CT molecular complexity index is 1020. The van der Waals surface area contributed by atoms with Crippen LogP contribution in [0.5, 0.6) is 0 Å². The molecular formula is C24H24F3GeN. The van der Waals surface area contributed by atoms with Crippen molar-refractivity contribution in [3.8, 4) is 0 Å². The Morgan fingerprint density at radius 1 is 0.586 bits per heavy atom. The average molecular weight is 456 g/mol. The molecule has 0 aliphatic carbocycles. The molecule has 0 radical (unpaired) electrons. The molecule has 0 atom stereocenters. The monoisotopic (exact) mass is 457 g/mol. The number of aryl methyl sites for hydroxylation is 6. The van der Waals surface area contributed by atoms with Gasteiger partial charge in [0.05, 0.1) is 0 Å². The Morgan fingerprint density at radius 3 is 1.28 bits per heavy atom. The van der Waals surface area contributed by atoms with Crippen LogP contribution in [-0.2, 0) is 0 Å². The molecule has 0 spiro atoms. The van der Waals surface area contributed by atoms with Gasteiger partial charge in [-0.25, -0.2) is 0 Å². The van der Waals surface area contributed by atoms with Crippen molar-refractivity contribution in [1.82, 2.24) is 0 Å². The maximum atomic E-state index is 14.5. The zero-order chi connectivity index (χ0) is 21.5. The van der Waals surface area contributed by atoms with E-state index in [0.717, 1.165) is 42.2 Å². The van der Waals surface area contributed by atoms with Gasteiger partial charge in [0.15, 0.2) is 0 Å². The van der Waals surface area contributed by atoms with Crippen LogP contribution in [-0.4, -0.2) is 14.2 Å². The number of halogens is 3. The van der Waals surface area contributed by atoms with Crippen LogP contribution in [0.25, 0.3) is 0 Å². The van der Waals surface area contributed by atoms with Gasteiger partial charge in [-0.3, -0.25) is 0 Å². The topological polar surface area (TPSA) is 12.4 Å². The summed E-state index contributed by atoms with van der Waals surface area (Å²) in [7, 11) is 0. The summed E-state index contributed by atoms with van der Waals surface area (Å²) >= 11 is -2.79. The van der Waals surface area contributed by atoms with Crippen LogP contribution in [0.15, 0.2) is 40.3 Å². The Morgan fingerprint density at radius 2 is 0.931 bits per heavy atom. The molecule has 0 aliphatic heterocycles. The summed E-state index contributed by atoms with van der Waals surface area (Å²) < 4.78 is 49.2. The van der Waals surface area contributed by atoms with Gasteiger partial charge in [0, 0.05) is 0 Å². The van der Waals surface area contributed by atoms with E-state index in [2.05, 4.69) is 24.3 Å². The minimum absolute atomic E-state index is 0.375. The van der Waals surface area contributed by atoms with Gasteiger partial charge in [-0.15, -0.1) is 0 Å². The van der Waals surface area contributed by atoms with Crippen LogP contribution in [0.3, 0.4) is 0 Å². The van der Waals surface area contributed by atoms with E-state index in [0.29, 0.717) is 12.1 Å². The Hall–Kier alpha value is -2.21. The molecule has 0 amide bonds. The van der Waals surface area contributed by atoms with Crippen molar-refractivity contribution in [3.05, 3.63) is 87.2 Å². The van der Waals surface area contributed by atoms with E-state index in [9.17, 15) is 13.2 Å². The molecule has 3 rings (SSSR count). The van der Waals surface area contributed by atoms with Crippen molar-refractivity contribution in [3.63, 3.8) is 0 Å². The zero-order valence-electron chi connectivity index (χ0n) is 17.5. The molecule has 29 heavy (non-hydrogen) atoms. The van der Waals surface area contributed by atoms with Crippen LogP contribution in [0.1, 0.15) is 33.4 Å². The van der Waals surface area contributed by atoms with E-state index in [-0.39, 0.29) is 5.69 Å². The fourth-order valence-electron chi connectivity index (χ4n) is 4.10. The number of hydrogen-bond acceptors (Lipinski definition) is 1. The van der Waals surface area contributed by atoms with Crippen molar-refractivity contribution >= 4 is 28.6 Å². The van der Waals surface area contributed by atoms with Crippen molar-refractivity contribution in [2.75, 3.05) is 0 Å². The first-order valence-corrected chi connectivity index (χ1v) is 12.5. The third-order valence-electron chi connectivity index (χ3n) is 5.03. The van der Waals surface area contributed by atoms with Gasteiger partial charge in [-0.1, -0.05) is 0 Å². The van der Waals surface area contributed by atoms with Crippen LogP contribution in [0, 0.1) is 59.0 Å². The molecule has 3 aromatic rings. The molecule has 0 bridgehead atoms. The molecule has 0 heterocycles. The molecule has 0 aromatic heterocycles. The molecule has 0 unspecified atom stereocenters. The van der Waals surface area contributed by atoms with Crippen molar-refractivity contribution in [1.29, 1.82) is 0 Å². The van der Waals surface area contributed by atoms with Gasteiger partial charge < -0.3 is 0 Å². The van der Waals surface area contributed by atoms with E-state index >= 15 is 0 Å². The summed E-state index contributed by atoms with van der Waals surface area (Å²) in [6.45, 7) is 12.1. The predicted octanol–water partition coefficient (Wildman–Crippen LogP) is 5.66. The molecule has 3 aromatic carbocycles. The summed E-state index contributed by atoms with van der Waals surface area (Å²) in [4.78, 5) is 0. The van der Waals surface area contributed by atoms with Crippen LogP contribution >= 0.6 is 0 Å². The molecule has 150 valence electrons. The molecule has 0 saturated carbocycles. The Balaban J connectivity index is 2.42. The van der Waals surface area contributed by atoms with Gasteiger partial charge in [0.25, 0.3) is 0 Å². The number of benzene rings is 3. The standard InChI is InChI=1S/C24H24F3GeN/c1-13-7-15(3)22(16(4)8-13)28(23-17(5)9-14(2)10-18(23)6)29-24-20(26)11-19(25)12-21(24)27/h7-12H,1-6H3. The fourth-order valence-corrected chi connectivity index (χ4v) is 9.75. The van der Waals surface area contributed by atoms with E-state index in [1.54, 1.807) is 0 Å². The fraction of sp³-hybridized carbons (Fsp3) is 0.250. The third-order valence-corrected chi connectivity index (χ3v) is 11.3. The van der Waals surface area contributed by atoms with Crippen molar-refractivity contribution in [2.45, 2.75) is 41.5 Å². The normalized spacial score (nSPS) is 10.9. The van der Waals surface area contributed by atoms with Crippen molar-refractivity contribution in [2.24, 2.45) is 3.90 Å². The van der Waals surface area contributed by atoms with E-state index in [4.69, 9.17) is 3.90 Å². The van der Waals surface area contributed by atoms with Gasteiger partial charge in [-0.2, -0.15) is 0 Å². The SMILES string of the molecule is Cc1cc(C)[c]([Ge](=[N]c2c(F)cc(F)cc2F)[c]2c(C)cc(C)cc2C)c(C)c1. The molecule has 0 N–H and O–H groups in total. The van der Waals surface area contributed by atoms with Crippen molar-refractivity contribution < 1.29 is 13.2 Å². The number of nitrogens with zero attached hydrogens (tertiary/aromatic N) is 1. The molecule has 0 aliphatic rings. The van der Waals surface area contributed by atoms with Gasteiger partial charge >= 0.3 is 174 Å². The number of hydrogen-bond donors (Lipinski definition) is 0.